The number of carbonyl (C=O) groups is 2. The van der Waals surface area contributed by atoms with Gasteiger partial charge in [-0.05, 0) is 81.6 Å². The van der Waals surface area contributed by atoms with Gasteiger partial charge in [0.1, 0.15) is 11.6 Å². The molecule has 0 bridgehead atoms. The molecule has 4 aromatic rings. The molecule has 1 saturated heterocycles. The molecule has 1 aliphatic heterocycles. The van der Waals surface area contributed by atoms with E-state index < -0.39 is 0 Å². The lowest BCUT2D eigenvalue weighted by Gasteiger charge is -2.34. The molecular formula is C31H35N5O4. The first-order valence-corrected chi connectivity index (χ1v) is 13.6. The summed E-state index contributed by atoms with van der Waals surface area (Å²) >= 11 is 0. The van der Waals surface area contributed by atoms with Crippen LogP contribution in [0.1, 0.15) is 48.5 Å². The van der Waals surface area contributed by atoms with Crippen LogP contribution in [0.3, 0.4) is 0 Å². The Morgan fingerprint density at radius 1 is 1.00 bits per heavy atom. The molecule has 5 rings (SSSR count). The highest BCUT2D eigenvalue weighted by Gasteiger charge is 2.22. The summed E-state index contributed by atoms with van der Waals surface area (Å²) in [6.07, 6.45) is 5.54. The number of likely N-dealkylation sites (tertiary alicyclic amines) is 1. The van der Waals surface area contributed by atoms with Gasteiger partial charge in [-0.1, -0.05) is 12.1 Å². The summed E-state index contributed by atoms with van der Waals surface area (Å²) in [6, 6.07) is 17.0. The van der Waals surface area contributed by atoms with Gasteiger partial charge in [0.25, 0.3) is 5.91 Å². The number of piperidine rings is 1. The second-order valence-corrected chi connectivity index (χ2v) is 10.3. The zero-order valence-corrected chi connectivity index (χ0v) is 23.3. The lowest BCUT2D eigenvalue weighted by Crippen LogP contribution is -2.37. The number of anilines is 1. The molecule has 0 saturated carbocycles. The predicted molar refractivity (Wildman–Crippen MR) is 156 cm³/mol. The normalized spacial score (nSPS) is 14.3. The van der Waals surface area contributed by atoms with E-state index in [2.05, 4.69) is 46.5 Å². The minimum atomic E-state index is -0.248. The number of pyridine rings is 1. The van der Waals surface area contributed by atoms with E-state index in [1.807, 2.05) is 18.2 Å². The van der Waals surface area contributed by atoms with Gasteiger partial charge in [0.2, 0.25) is 0 Å². The summed E-state index contributed by atoms with van der Waals surface area (Å²) in [7, 11) is 3.12. The van der Waals surface area contributed by atoms with Crippen LogP contribution in [-0.2, 0) is 0 Å². The fourth-order valence-electron chi connectivity index (χ4n) is 5.19. The lowest BCUT2D eigenvalue weighted by molar-refractivity contribution is 0.102. The molecule has 0 spiro atoms. The first kappa shape index (κ1) is 27.2. The van der Waals surface area contributed by atoms with E-state index in [1.54, 1.807) is 50.8 Å². The van der Waals surface area contributed by atoms with E-state index in [0.29, 0.717) is 46.1 Å². The number of amides is 2. The topological polar surface area (TPSA) is 97.7 Å². The van der Waals surface area contributed by atoms with Gasteiger partial charge < -0.3 is 25.0 Å². The van der Waals surface area contributed by atoms with Crippen LogP contribution in [0.4, 0.5) is 10.6 Å². The maximum atomic E-state index is 13.0. The number of rotatable bonds is 7. The fraction of sp³-hybridized carbons (Fsp3) is 0.323. The summed E-state index contributed by atoms with van der Waals surface area (Å²) in [5.74, 6) is 2.09. The molecule has 1 fully saturated rings. The van der Waals surface area contributed by atoms with E-state index >= 15 is 0 Å². The Hall–Kier alpha value is -4.37. The van der Waals surface area contributed by atoms with E-state index in [-0.39, 0.29) is 11.9 Å². The highest BCUT2D eigenvalue weighted by molar-refractivity contribution is 6.03. The Labute approximate surface area is 234 Å². The summed E-state index contributed by atoms with van der Waals surface area (Å²) in [6.45, 7) is 6.71. The van der Waals surface area contributed by atoms with Crippen molar-refractivity contribution in [3.63, 3.8) is 0 Å². The lowest BCUT2D eigenvalue weighted by atomic mass is 9.88. The van der Waals surface area contributed by atoms with Gasteiger partial charge in [-0.2, -0.15) is 0 Å². The van der Waals surface area contributed by atoms with E-state index in [0.717, 1.165) is 31.3 Å². The van der Waals surface area contributed by atoms with E-state index in [4.69, 9.17) is 9.47 Å². The van der Waals surface area contributed by atoms with Crippen molar-refractivity contribution in [2.75, 3.05) is 32.6 Å². The van der Waals surface area contributed by atoms with Gasteiger partial charge >= 0.3 is 6.03 Å². The Kier molecular flexibility index (Phi) is 8.02. The minimum absolute atomic E-state index is 0.236. The number of hydrogen-bond acceptors (Lipinski definition) is 6. The molecule has 40 heavy (non-hydrogen) atoms. The van der Waals surface area contributed by atoms with Gasteiger partial charge in [-0.3, -0.25) is 9.36 Å². The Morgan fingerprint density at radius 2 is 1.75 bits per heavy atom. The number of ether oxygens (including phenoxy) is 2. The predicted octanol–water partition coefficient (Wildman–Crippen LogP) is 5.86. The Morgan fingerprint density at radius 3 is 2.42 bits per heavy atom. The van der Waals surface area contributed by atoms with E-state index in [9.17, 15) is 9.59 Å². The number of nitrogens with zero attached hydrogens (tertiary/aromatic N) is 3. The van der Waals surface area contributed by atoms with Crippen LogP contribution in [0.5, 0.6) is 17.2 Å². The second-order valence-electron chi connectivity index (χ2n) is 10.3. The standard InChI is InChI=1S/C31H35N5O4/c1-20(2)35-14-10-22(11-15-35)21-5-7-23(8-6-21)30(37)34-29-18-25(9-13-33-29)40-28-17-24-12-16-36(31(38)32-3)26(24)19-27(28)39-4/h5-9,12-13,16-20,22H,10-11,14-15H2,1-4H3,(H,32,38)(H,33,34,37). The highest BCUT2D eigenvalue weighted by atomic mass is 16.5. The average molecular weight is 542 g/mol. The van der Waals surface area contributed by atoms with Gasteiger partial charge in [-0.15, -0.1) is 0 Å². The number of benzene rings is 2. The third kappa shape index (κ3) is 5.79. The van der Waals surface area contributed by atoms with Crippen molar-refractivity contribution in [2.45, 2.75) is 38.6 Å². The Bertz CT molecular complexity index is 1500. The van der Waals surface area contributed by atoms with Crippen LogP contribution >= 0.6 is 0 Å². The van der Waals surface area contributed by atoms with Gasteiger partial charge in [0.15, 0.2) is 11.5 Å². The molecule has 2 aromatic heterocycles. The first-order chi connectivity index (χ1) is 19.4. The molecule has 2 amide bonds. The van der Waals surface area contributed by atoms with Crippen molar-refractivity contribution in [1.29, 1.82) is 0 Å². The van der Waals surface area contributed by atoms with Crippen molar-refractivity contribution in [3.05, 3.63) is 78.1 Å². The quantitative estimate of drug-likeness (QED) is 0.304. The van der Waals surface area contributed by atoms with Gasteiger partial charge in [0, 0.05) is 48.6 Å². The van der Waals surface area contributed by atoms with Crippen LogP contribution in [0.25, 0.3) is 10.9 Å². The SMILES string of the molecule is CNC(=O)n1ccc2cc(Oc3ccnc(NC(=O)c4ccc(C5CCN(C(C)C)CC5)cc4)c3)c(OC)cc21. The van der Waals surface area contributed by atoms with Crippen LogP contribution in [-0.4, -0.2) is 59.7 Å². The van der Waals surface area contributed by atoms with Crippen molar-refractivity contribution in [3.8, 4) is 17.2 Å². The molecule has 208 valence electrons. The Balaban J connectivity index is 1.26. The number of methoxy groups -OCH3 is 1. The molecule has 2 N–H and O–H groups in total. The number of fused-ring (bicyclic) bond motifs is 1. The zero-order valence-electron chi connectivity index (χ0n) is 23.3. The maximum Gasteiger partial charge on any atom is 0.325 e. The van der Waals surface area contributed by atoms with Crippen LogP contribution < -0.4 is 20.1 Å². The highest BCUT2D eigenvalue weighted by Crippen LogP contribution is 2.36. The fourth-order valence-corrected chi connectivity index (χ4v) is 5.19. The monoisotopic (exact) mass is 541 g/mol. The molecule has 1 aliphatic rings. The molecule has 9 nitrogen and oxygen atoms in total. The number of hydrogen-bond donors (Lipinski definition) is 2. The molecule has 0 atom stereocenters. The molecular weight excluding hydrogens is 506 g/mol. The summed E-state index contributed by atoms with van der Waals surface area (Å²) in [5, 5.41) is 6.30. The zero-order chi connectivity index (χ0) is 28.2. The third-order valence-electron chi connectivity index (χ3n) is 7.51. The van der Waals surface area contributed by atoms with Gasteiger partial charge in [-0.25, -0.2) is 9.78 Å². The molecule has 2 aromatic carbocycles. The van der Waals surface area contributed by atoms with Crippen LogP contribution in [0.15, 0.2) is 67.0 Å². The van der Waals surface area contributed by atoms with Crippen molar-refractivity contribution < 1.29 is 19.1 Å². The summed E-state index contributed by atoms with van der Waals surface area (Å²) < 4.78 is 13.1. The van der Waals surface area contributed by atoms with E-state index in [1.165, 1.54) is 10.1 Å². The minimum Gasteiger partial charge on any atom is -0.493 e. The van der Waals surface area contributed by atoms with Gasteiger partial charge in [0.05, 0.1) is 12.6 Å². The molecule has 0 radical (unpaired) electrons. The molecule has 0 unspecified atom stereocenters. The molecule has 9 heteroatoms. The number of aromatic nitrogens is 2. The number of carbonyl (C=O) groups excluding carboxylic acids is 2. The van der Waals surface area contributed by atoms with Crippen LogP contribution in [0.2, 0.25) is 0 Å². The first-order valence-electron chi connectivity index (χ1n) is 13.6. The largest absolute Gasteiger partial charge is 0.493 e. The smallest absolute Gasteiger partial charge is 0.325 e. The molecule has 0 aliphatic carbocycles. The molecule has 3 heterocycles. The van der Waals surface area contributed by atoms with Crippen molar-refractivity contribution in [2.24, 2.45) is 0 Å². The summed E-state index contributed by atoms with van der Waals surface area (Å²) in [4.78, 5) is 31.9. The third-order valence-corrected chi connectivity index (χ3v) is 7.51. The number of nitrogens with one attached hydrogen (secondary N) is 2. The second kappa shape index (κ2) is 11.8. The average Bonchev–Trinajstić information content (AvgIpc) is 3.39. The maximum absolute atomic E-state index is 13.0. The summed E-state index contributed by atoms with van der Waals surface area (Å²) in [5.41, 5.74) is 2.55. The van der Waals surface area contributed by atoms with Crippen LogP contribution in [0, 0.1) is 0 Å². The van der Waals surface area contributed by atoms with Crippen molar-refractivity contribution >= 4 is 28.7 Å². The van der Waals surface area contributed by atoms with Crippen molar-refractivity contribution in [1.82, 2.24) is 19.8 Å².